The van der Waals surface area contributed by atoms with E-state index < -0.39 is 23.5 Å². The fourth-order valence-corrected chi connectivity index (χ4v) is 1.34. The standard InChI is InChI=1S/C12H15NO5/c1-7(12(17)18)5-6-13-11(16)8-3-2-4-9(14)10(8)15/h2-4,7,14-15H,5-6H2,1H3,(H,13,16)(H,17,18). The SMILES string of the molecule is CC(CCNC(=O)c1cccc(O)c1O)C(=O)O. The van der Waals surface area contributed by atoms with Crippen molar-refractivity contribution >= 4 is 11.9 Å². The van der Waals surface area contributed by atoms with Crippen LogP contribution in [0.5, 0.6) is 11.5 Å². The zero-order valence-corrected chi connectivity index (χ0v) is 9.88. The number of amides is 1. The van der Waals surface area contributed by atoms with E-state index in [-0.39, 0.29) is 17.9 Å². The van der Waals surface area contributed by atoms with E-state index in [0.717, 1.165) is 0 Å². The first-order valence-corrected chi connectivity index (χ1v) is 5.45. The van der Waals surface area contributed by atoms with Gasteiger partial charge in [-0.15, -0.1) is 0 Å². The summed E-state index contributed by atoms with van der Waals surface area (Å²) in [5.41, 5.74) is -0.0435. The molecule has 1 atom stereocenters. The van der Waals surface area contributed by atoms with Crippen LogP contribution >= 0.6 is 0 Å². The number of nitrogens with one attached hydrogen (secondary N) is 1. The highest BCUT2D eigenvalue weighted by Crippen LogP contribution is 2.27. The zero-order valence-electron chi connectivity index (χ0n) is 9.88. The lowest BCUT2D eigenvalue weighted by Crippen LogP contribution is -2.27. The molecule has 1 unspecified atom stereocenters. The monoisotopic (exact) mass is 253 g/mol. The summed E-state index contributed by atoms with van der Waals surface area (Å²) in [6.07, 6.45) is 0.292. The Labute approximate surface area is 104 Å². The highest BCUT2D eigenvalue weighted by molar-refractivity contribution is 5.97. The topological polar surface area (TPSA) is 107 Å². The van der Waals surface area contributed by atoms with E-state index in [9.17, 15) is 19.8 Å². The summed E-state index contributed by atoms with van der Waals surface area (Å²) in [5.74, 6) is -2.89. The van der Waals surface area contributed by atoms with Crippen molar-refractivity contribution in [1.82, 2.24) is 5.32 Å². The number of carbonyl (C=O) groups is 2. The Morgan fingerprint density at radius 1 is 1.33 bits per heavy atom. The van der Waals surface area contributed by atoms with Crippen molar-refractivity contribution in [3.8, 4) is 11.5 Å². The number of aromatic hydroxyl groups is 2. The van der Waals surface area contributed by atoms with Crippen LogP contribution in [0.1, 0.15) is 23.7 Å². The van der Waals surface area contributed by atoms with Crippen molar-refractivity contribution in [1.29, 1.82) is 0 Å². The largest absolute Gasteiger partial charge is 0.504 e. The van der Waals surface area contributed by atoms with Gasteiger partial charge in [0.2, 0.25) is 0 Å². The molecule has 1 amide bonds. The van der Waals surface area contributed by atoms with Crippen LogP contribution in [0.3, 0.4) is 0 Å². The van der Waals surface area contributed by atoms with Gasteiger partial charge in [0.05, 0.1) is 11.5 Å². The number of phenols is 2. The van der Waals surface area contributed by atoms with Crippen LogP contribution < -0.4 is 5.32 Å². The molecule has 0 heterocycles. The molecule has 1 aromatic carbocycles. The van der Waals surface area contributed by atoms with Gasteiger partial charge in [-0.3, -0.25) is 9.59 Å². The van der Waals surface area contributed by atoms with Crippen molar-refractivity contribution in [3.05, 3.63) is 23.8 Å². The Morgan fingerprint density at radius 3 is 2.61 bits per heavy atom. The molecule has 0 aromatic heterocycles. The summed E-state index contributed by atoms with van der Waals surface area (Å²) < 4.78 is 0. The van der Waals surface area contributed by atoms with Gasteiger partial charge in [0, 0.05) is 6.54 Å². The van der Waals surface area contributed by atoms with E-state index in [1.807, 2.05) is 0 Å². The maximum atomic E-state index is 11.6. The molecule has 18 heavy (non-hydrogen) atoms. The van der Waals surface area contributed by atoms with Gasteiger partial charge in [0.15, 0.2) is 11.5 Å². The number of hydrogen-bond donors (Lipinski definition) is 4. The van der Waals surface area contributed by atoms with Gasteiger partial charge < -0.3 is 20.6 Å². The molecule has 98 valence electrons. The molecule has 0 bridgehead atoms. The molecule has 1 aromatic rings. The Balaban J connectivity index is 2.56. The Morgan fingerprint density at radius 2 is 2.00 bits per heavy atom. The minimum absolute atomic E-state index is 0.0435. The number of benzene rings is 1. The van der Waals surface area contributed by atoms with Crippen molar-refractivity contribution in [2.75, 3.05) is 6.54 Å². The van der Waals surface area contributed by atoms with Gasteiger partial charge in [0.25, 0.3) is 5.91 Å². The molecule has 0 aliphatic carbocycles. The number of carboxylic acids is 1. The number of carbonyl (C=O) groups excluding carboxylic acids is 1. The summed E-state index contributed by atoms with van der Waals surface area (Å²) in [5, 5.41) is 29.8. The van der Waals surface area contributed by atoms with Gasteiger partial charge >= 0.3 is 5.97 Å². The van der Waals surface area contributed by atoms with Crippen molar-refractivity contribution in [2.45, 2.75) is 13.3 Å². The van der Waals surface area contributed by atoms with E-state index >= 15 is 0 Å². The highest BCUT2D eigenvalue weighted by atomic mass is 16.4. The third-order valence-electron chi connectivity index (χ3n) is 2.54. The smallest absolute Gasteiger partial charge is 0.306 e. The van der Waals surface area contributed by atoms with Gasteiger partial charge in [-0.25, -0.2) is 0 Å². The average molecular weight is 253 g/mol. The van der Waals surface area contributed by atoms with E-state index in [1.54, 1.807) is 6.92 Å². The summed E-state index contributed by atoms with van der Waals surface area (Å²) in [6.45, 7) is 1.72. The van der Waals surface area contributed by atoms with Crippen molar-refractivity contribution in [2.24, 2.45) is 5.92 Å². The molecule has 0 saturated carbocycles. The molecular formula is C12H15NO5. The molecule has 0 radical (unpaired) electrons. The van der Waals surface area contributed by atoms with Crippen molar-refractivity contribution < 1.29 is 24.9 Å². The van der Waals surface area contributed by atoms with Gasteiger partial charge in [-0.05, 0) is 18.6 Å². The number of rotatable bonds is 5. The highest BCUT2D eigenvalue weighted by Gasteiger charge is 2.15. The van der Waals surface area contributed by atoms with Gasteiger partial charge in [0.1, 0.15) is 0 Å². The fourth-order valence-electron chi connectivity index (χ4n) is 1.34. The first kappa shape index (κ1) is 13.8. The second-order valence-corrected chi connectivity index (χ2v) is 3.96. The van der Waals surface area contributed by atoms with Crippen molar-refractivity contribution in [3.63, 3.8) is 0 Å². The molecule has 1 rings (SSSR count). The molecule has 6 nitrogen and oxygen atoms in total. The van der Waals surface area contributed by atoms with E-state index in [2.05, 4.69) is 5.32 Å². The molecular weight excluding hydrogens is 238 g/mol. The minimum atomic E-state index is -0.926. The maximum Gasteiger partial charge on any atom is 0.306 e. The lowest BCUT2D eigenvalue weighted by atomic mass is 10.1. The summed E-state index contributed by atoms with van der Waals surface area (Å²) in [7, 11) is 0. The predicted octanol–water partition coefficient (Wildman–Crippen LogP) is 0.938. The van der Waals surface area contributed by atoms with E-state index in [4.69, 9.17) is 5.11 Å². The predicted molar refractivity (Wildman–Crippen MR) is 63.5 cm³/mol. The first-order valence-electron chi connectivity index (χ1n) is 5.45. The Bertz CT molecular complexity index is 458. The van der Waals surface area contributed by atoms with Crippen LogP contribution in [0.4, 0.5) is 0 Å². The Kier molecular flexibility index (Phi) is 4.53. The molecule has 0 aliphatic rings. The Hall–Kier alpha value is -2.24. The lowest BCUT2D eigenvalue weighted by molar-refractivity contribution is -0.141. The van der Waals surface area contributed by atoms with E-state index in [0.29, 0.717) is 6.42 Å². The molecule has 0 saturated heterocycles. The average Bonchev–Trinajstić information content (AvgIpc) is 2.32. The quantitative estimate of drug-likeness (QED) is 0.584. The third-order valence-corrected chi connectivity index (χ3v) is 2.54. The van der Waals surface area contributed by atoms with Crippen LogP contribution in [-0.2, 0) is 4.79 Å². The normalized spacial score (nSPS) is 11.8. The minimum Gasteiger partial charge on any atom is -0.504 e. The van der Waals surface area contributed by atoms with Gasteiger partial charge in [-0.1, -0.05) is 13.0 Å². The van der Waals surface area contributed by atoms with Crippen LogP contribution in [0.25, 0.3) is 0 Å². The molecule has 0 fully saturated rings. The number of phenolic OH excluding ortho intramolecular Hbond substituents is 2. The number of aliphatic carboxylic acids is 1. The van der Waals surface area contributed by atoms with Crippen LogP contribution in [0, 0.1) is 5.92 Å². The second kappa shape index (κ2) is 5.90. The molecule has 4 N–H and O–H groups in total. The van der Waals surface area contributed by atoms with Crippen LogP contribution in [-0.4, -0.2) is 33.7 Å². The second-order valence-electron chi connectivity index (χ2n) is 3.96. The summed E-state index contributed by atoms with van der Waals surface area (Å²) >= 11 is 0. The number of carboxylic acid groups (broad SMARTS) is 1. The van der Waals surface area contributed by atoms with Gasteiger partial charge in [-0.2, -0.15) is 0 Å². The summed E-state index contributed by atoms with van der Waals surface area (Å²) in [6, 6.07) is 4.06. The third kappa shape index (κ3) is 3.38. The first-order chi connectivity index (χ1) is 8.43. The number of hydrogen-bond acceptors (Lipinski definition) is 4. The van der Waals surface area contributed by atoms with Crippen LogP contribution in [0.15, 0.2) is 18.2 Å². The lowest BCUT2D eigenvalue weighted by Gasteiger charge is -2.09. The maximum absolute atomic E-state index is 11.6. The molecule has 0 aliphatic heterocycles. The fraction of sp³-hybridized carbons (Fsp3) is 0.333. The van der Waals surface area contributed by atoms with Crippen LogP contribution in [0.2, 0.25) is 0 Å². The molecule has 6 heteroatoms. The molecule has 0 spiro atoms. The summed E-state index contributed by atoms with van der Waals surface area (Å²) in [4.78, 5) is 22.2. The van der Waals surface area contributed by atoms with E-state index in [1.165, 1.54) is 18.2 Å². The number of para-hydroxylation sites is 1. The zero-order chi connectivity index (χ0) is 13.7.